The summed E-state index contributed by atoms with van der Waals surface area (Å²) in [7, 11) is -2.60. The molecule has 8 nitrogen and oxygen atoms in total. The monoisotopic (exact) mass is 485 g/mol. The molecular formula is C24H24FN3O5S. The fourth-order valence-corrected chi connectivity index (χ4v) is 4.59. The number of ether oxygens (including phenoxy) is 2. The molecule has 0 spiro atoms. The van der Waals surface area contributed by atoms with Gasteiger partial charge in [-0.1, -0.05) is 0 Å². The lowest BCUT2D eigenvalue weighted by Crippen LogP contribution is -2.36. The molecule has 10 heteroatoms. The maximum Gasteiger partial charge on any atom is 0.262 e. The molecule has 0 aromatic heterocycles. The van der Waals surface area contributed by atoms with Gasteiger partial charge in [-0.05, 0) is 66.7 Å². The summed E-state index contributed by atoms with van der Waals surface area (Å²) in [5, 5.41) is 2.77. The van der Waals surface area contributed by atoms with E-state index in [1.807, 2.05) is 12.1 Å². The quantitative estimate of drug-likeness (QED) is 0.530. The van der Waals surface area contributed by atoms with Gasteiger partial charge in [0, 0.05) is 30.0 Å². The molecule has 3 aromatic rings. The summed E-state index contributed by atoms with van der Waals surface area (Å²) in [4.78, 5) is 14.8. The number of amides is 1. The number of carbonyl (C=O) groups excluding carboxylic acids is 1. The Morgan fingerprint density at radius 3 is 2.32 bits per heavy atom. The molecule has 1 aliphatic heterocycles. The summed E-state index contributed by atoms with van der Waals surface area (Å²) in [6, 6.07) is 16.3. The van der Waals surface area contributed by atoms with Gasteiger partial charge >= 0.3 is 0 Å². The zero-order chi connectivity index (χ0) is 24.1. The fraction of sp³-hybridized carbons (Fsp3) is 0.208. The highest BCUT2D eigenvalue weighted by Crippen LogP contribution is 2.30. The maximum absolute atomic E-state index is 13.2. The smallest absolute Gasteiger partial charge is 0.262 e. The summed E-state index contributed by atoms with van der Waals surface area (Å²) in [6.07, 6.45) is 0. The van der Waals surface area contributed by atoms with Crippen molar-refractivity contribution in [2.45, 2.75) is 4.90 Å². The Morgan fingerprint density at radius 2 is 1.68 bits per heavy atom. The summed E-state index contributed by atoms with van der Waals surface area (Å²) in [6.45, 7) is 2.95. The average molecular weight is 486 g/mol. The third-order valence-electron chi connectivity index (χ3n) is 5.33. The third kappa shape index (κ3) is 5.46. The van der Waals surface area contributed by atoms with Gasteiger partial charge in [-0.15, -0.1) is 0 Å². The predicted octanol–water partition coefficient (Wildman–Crippen LogP) is 3.72. The number of rotatable bonds is 7. The van der Waals surface area contributed by atoms with Gasteiger partial charge < -0.3 is 19.7 Å². The first kappa shape index (κ1) is 23.5. The summed E-state index contributed by atoms with van der Waals surface area (Å²) in [5.74, 6) is -0.621. The second kappa shape index (κ2) is 10.1. The van der Waals surface area contributed by atoms with Crippen LogP contribution in [-0.4, -0.2) is 47.7 Å². The molecule has 2 N–H and O–H groups in total. The molecule has 3 aromatic carbocycles. The van der Waals surface area contributed by atoms with E-state index in [2.05, 4.69) is 14.9 Å². The van der Waals surface area contributed by atoms with Crippen molar-refractivity contribution in [1.82, 2.24) is 0 Å². The summed E-state index contributed by atoms with van der Waals surface area (Å²) < 4.78 is 51.6. The predicted molar refractivity (Wildman–Crippen MR) is 128 cm³/mol. The average Bonchev–Trinajstić information content (AvgIpc) is 2.85. The van der Waals surface area contributed by atoms with Crippen molar-refractivity contribution in [3.05, 3.63) is 78.1 Å². The molecule has 34 heavy (non-hydrogen) atoms. The lowest BCUT2D eigenvalue weighted by Gasteiger charge is -2.28. The summed E-state index contributed by atoms with van der Waals surface area (Å²) in [5.41, 5.74) is 1.98. The number of sulfonamides is 1. The lowest BCUT2D eigenvalue weighted by molar-refractivity contribution is 0.102. The highest BCUT2D eigenvalue weighted by molar-refractivity contribution is 7.92. The molecule has 0 bridgehead atoms. The SMILES string of the molecule is COc1ccc(NC(=O)c2ccc(N3CCOCC3)cc2)cc1NS(=O)(=O)c1ccc(F)cc1. The molecule has 1 amide bonds. The molecule has 1 aliphatic rings. The van der Waals surface area contributed by atoms with Crippen molar-refractivity contribution in [2.24, 2.45) is 0 Å². The van der Waals surface area contributed by atoms with E-state index in [9.17, 15) is 17.6 Å². The number of carbonyl (C=O) groups is 1. The standard InChI is InChI=1S/C24H24FN3O5S/c1-32-23-11-6-19(16-22(23)27-34(30,31)21-9-4-18(25)5-10-21)26-24(29)17-2-7-20(8-3-17)28-12-14-33-15-13-28/h2-11,16,27H,12-15H2,1H3,(H,26,29). The van der Waals surface area contributed by atoms with Crippen LogP contribution >= 0.6 is 0 Å². The number of halogens is 1. The minimum Gasteiger partial charge on any atom is -0.495 e. The molecule has 0 atom stereocenters. The minimum atomic E-state index is -4.00. The van der Waals surface area contributed by atoms with Crippen LogP contribution in [0.2, 0.25) is 0 Å². The molecule has 0 aliphatic carbocycles. The Balaban J connectivity index is 1.50. The van der Waals surface area contributed by atoms with E-state index in [1.165, 1.54) is 13.2 Å². The minimum absolute atomic E-state index is 0.106. The van der Waals surface area contributed by atoms with E-state index in [1.54, 1.807) is 24.3 Å². The van der Waals surface area contributed by atoms with Crippen LogP contribution in [0, 0.1) is 5.82 Å². The molecule has 4 rings (SSSR count). The van der Waals surface area contributed by atoms with Crippen LogP contribution in [0.15, 0.2) is 71.6 Å². The Bertz CT molecular complexity index is 1260. The van der Waals surface area contributed by atoms with Crippen molar-refractivity contribution < 1.29 is 27.1 Å². The van der Waals surface area contributed by atoms with Gasteiger partial charge in [-0.2, -0.15) is 0 Å². The normalized spacial score (nSPS) is 13.9. The Morgan fingerprint density at radius 1 is 1.00 bits per heavy atom. The molecule has 0 saturated carbocycles. The number of anilines is 3. The van der Waals surface area contributed by atoms with E-state index in [-0.39, 0.29) is 22.2 Å². The van der Waals surface area contributed by atoms with Gasteiger partial charge in [0.1, 0.15) is 11.6 Å². The van der Waals surface area contributed by atoms with Crippen molar-refractivity contribution in [3.8, 4) is 5.75 Å². The van der Waals surface area contributed by atoms with Crippen molar-refractivity contribution in [3.63, 3.8) is 0 Å². The van der Waals surface area contributed by atoms with Gasteiger partial charge in [-0.3, -0.25) is 9.52 Å². The van der Waals surface area contributed by atoms with E-state index in [0.29, 0.717) is 24.5 Å². The van der Waals surface area contributed by atoms with E-state index in [0.717, 1.165) is 43.0 Å². The second-order valence-electron chi connectivity index (χ2n) is 7.57. The van der Waals surface area contributed by atoms with Crippen molar-refractivity contribution >= 4 is 33.0 Å². The number of benzene rings is 3. The highest BCUT2D eigenvalue weighted by atomic mass is 32.2. The van der Waals surface area contributed by atoms with E-state index >= 15 is 0 Å². The zero-order valence-corrected chi connectivity index (χ0v) is 19.3. The fourth-order valence-electron chi connectivity index (χ4n) is 3.53. The van der Waals surface area contributed by atoms with Crippen LogP contribution in [-0.2, 0) is 14.8 Å². The molecule has 1 fully saturated rings. The summed E-state index contributed by atoms with van der Waals surface area (Å²) >= 11 is 0. The number of morpholine rings is 1. The first-order chi connectivity index (χ1) is 16.4. The van der Waals surface area contributed by atoms with E-state index in [4.69, 9.17) is 9.47 Å². The van der Waals surface area contributed by atoms with Crippen molar-refractivity contribution in [2.75, 3.05) is 48.4 Å². The Kier molecular flexibility index (Phi) is 6.99. The number of hydrogen-bond acceptors (Lipinski definition) is 6. The van der Waals surface area contributed by atoms with Crippen LogP contribution in [0.25, 0.3) is 0 Å². The van der Waals surface area contributed by atoms with Crippen LogP contribution in [0.5, 0.6) is 5.75 Å². The number of nitrogens with one attached hydrogen (secondary N) is 2. The molecule has 1 heterocycles. The Labute approximate surface area is 197 Å². The van der Waals surface area contributed by atoms with Crippen LogP contribution in [0.4, 0.5) is 21.5 Å². The Hall–Kier alpha value is -3.63. The zero-order valence-electron chi connectivity index (χ0n) is 18.5. The third-order valence-corrected chi connectivity index (χ3v) is 6.71. The molecule has 1 saturated heterocycles. The highest BCUT2D eigenvalue weighted by Gasteiger charge is 2.18. The van der Waals surface area contributed by atoms with Gasteiger partial charge in [0.25, 0.3) is 15.9 Å². The first-order valence-electron chi connectivity index (χ1n) is 10.6. The lowest BCUT2D eigenvalue weighted by atomic mass is 10.1. The van der Waals surface area contributed by atoms with Crippen LogP contribution in [0.1, 0.15) is 10.4 Å². The number of hydrogen-bond donors (Lipinski definition) is 2. The number of methoxy groups -OCH3 is 1. The van der Waals surface area contributed by atoms with E-state index < -0.39 is 15.8 Å². The van der Waals surface area contributed by atoms with Gasteiger partial charge in [0.2, 0.25) is 0 Å². The maximum atomic E-state index is 13.2. The largest absolute Gasteiger partial charge is 0.495 e. The molecule has 0 radical (unpaired) electrons. The topological polar surface area (TPSA) is 97.0 Å². The first-order valence-corrected chi connectivity index (χ1v) is 12.0. The van der Waals surface area contributed by atoms with Gasteiger partial charge in [-0.25, -0.2) is 12.8 Å². The molecular weight excluding hydrogens is 461 g/mol. The second-order valence-corrected chi connectivity index (χ2v) is 9.26. The van der Waals surface area contributed by atoms with Crippen molar-refractivity contribution in [1.29, 1.82) is 0 Å². The van der Waals surface area contributed by atoms with Gasteiger partial charge in [0.05, 0.1) is 30.9 Å². The van der Waals surface area contributed by atoms with Crippen LogP contribution < -0.4 is 19.7 Å². The number of nitrogens with zero attached hydrogens (tertiary/aromatic N) is 1. The molecule has 0 unspecified atom stereocenters. The van der Waals surface area contributed by atoms with Gasteiger partial charge in [0.15, 0.2) is 0 Å². The molecule has 178 valence electrons. The van der Waals surface area contributed by atoms with Crippen LogP contribution in [0.3, 0.4) is 0 Å².